The summed E-state index contributed by atoms with van der Waals surface area (Å²) >= 11 is 0. The van der Waals surface area contributed by atoms with E-state index in [1.165, 1.54) is 12.3 Å². The average Bonchev–Trinajstić information content (AvgIpc) is 2.93. The van der Waals surface area contributed by atoms with Crippen LogP contribution in [0, 0.1) is 0 Å². The van der Waals surface area contributed by atoms with Gasteiger partial charge in [-0.2, -0.15) is 0 Å². The number of fused-ring (bicyclic) bond motifs is 2. The van der Waals surface area contributed by atoms with Gasteiger partial charge in [-0.1, -0.05) is 0 Å². The van der Waals surface area contributed by atoms with E-state index in [1.807, 2.05) is 10.6 Å². The van der Waals surface area contributed by atoms with Crippen molar-refractivity contribution in [1.82, 2.24) is 0 Å². The van der Waals surface area contributed by atoms with Gasteiger partial charge in [0, 0.05) is 0 Å². The fraction of sp³-hybridized carbons (Fsp3) is 0.368. The molecule has 3 aliphatic rings. The summed E-state index contributed by atoms with van der Waals surface area (Å²) in [5.74, 6) is 0. The first-order chi connectivity index (χ1) is 10.6. The standard InChI is InChI=1S/C19H27P3/c1-20-12-7-13-21(2)15-17-9-4-6-11-19(17)22(20,21)18-10-5-3-8-16(18)14-20/h3-6,8-11,20-22H,7,12-15H2,1-2H3. The normalized spacial score (nSPS) is 29.4. The second-order valence-corrected chi connectivity index (χ2v) is 32.2. The molecule has 3 aliphatic heterocycles. The fourth-order valence-electron chi connectivity index (χ4n) is 6.78. The van der Waals surface area contributed by atoms with Crippen molar-refractivity contribution in [3.8, 4) is 0 Å². The van der Waals surface area contributed by atoms with Crippen LogP contribution in [0.25, 0.3) is 0 Å². The number of benzene rings is 2. The van der Waals surface area contributed by atoms with Gasteiger partial charge in [-0.05, 0) is 0 Å². The zero-order valence-electron chi connectivity index (χ0n) is 13.7. The first-order valence-corrected chi connectivity index (χ1v) is 18.6. The van der Waals surface area contributed by atoms with Gasteiger partial charge in [0.25, 0.3) is 0 Å². The van der Waals surface area contributed by atoms with Crippen molar-refractivity contribution in [1.29, 1.82) is 0 Å². The second-order valence-electron chi connectivity index (χ2n) is 8.39. The van der Waals surface area contributed by atoms with Crippen LogP contribution in [-0.2, 0) is 12.3 Å². The zero-order valence-corrected chi connectivity index (χ0v) is 16.7. The molecule has 1 saturated heterocycles. The van der Waals surface area contributed by atoms with Gasteiger partial charge in [0.15, 0.2) is 0 Å². The molecule has 22 heavy (non-hydrogen) atoms. The van der Waals surface area contributed by atoms with Crippen molar-refractivity contribution in [2.45, 2.75) is 18.7 Å². The van der Waals surface area contributed by atoms with E-state index in [1.54, 1.807) is 29.9 Å². The molecular weight excluding hydrogens is 321 g/mol. The summed E-state index contributed by atoms with van der Waals surface area (Å²) in [5.41, 5.74) is 3.53. The number of hydrogen-bond acceptors (Lipinski definition) is 0. The van der Waals surface area contributed by atoms with Crippen LogP contribution in [0.5, 0.6) is 0 Å². The van der Waals surface area contributed by atoms with Gasteiger partial charge in [-0.3, -0.25) is 0 Å². The molecule has 0 aromatic heterocycles. The van der Waals surface area contributed by atoms with E-state index in [0.717, 1.165) is 0 Å². The molecule has 0 bridgehead atoms. The van der Waals surface area contributed by atoms with E-state index in [-0.39, 0.29) is 0 Å². The molecule has 0 nitrogen and oxygen atoms in total. The molecule has 3 heterocycles. The molecule has 0 N–H and O–H groups in total. The van der Waals surface area contributed by atoms with Crippen LogP contribution in [0.1, 0.15) is 17.5 Å². The summed E-state index contributed by atoms with van der Waals surface area (Å²) in [6.07, 6.45) is 7.73. The molecule has 0 amide bonds. The van der Waals surface area contributed by atoms with Crippen molar-refractivity contribution in [3.05, 3.63) is 59.7 Å². The van der Waals surface area contributed by atoms with E-state index >= 15 is 0 Å². The van der Waals surface area contributed by atoms with Crippen LogP contribution >= 0.6 is 20.5 Å². The SMILES string of the molecule is C[PH]12CCC[PH]3(C)Cc4ccccc4[PH]13c1ccccc1C2. The molecule has 2 aromatic rings. The summed E-state index contributed by atoms with van der Waals surface area (Å²) in [4.78, 5) is 0. The Labute approximate surface area is 135 Å². The van der Waals surface area contributed by atoms with Gasteiger partial charge >= 0.3 is 135 Å². The zero-order chi connectivity index (χ0) is 15.0. The van der Waals surface area contributed by atoms with E-state index in [2.05, 4.69) is 61.9 Å². The van der Waals surface area contributed by atoms with Crippen molar-refractivity contribution >= 4 is 31.2 Å². The predicted molar refractivity (Wildman–Crippen MR) is 111 cm³/mol. The Kier molecular flexibility index (Phi) is 2.83. The molecule has 1 fully saturated rings. The van der Waals surface area contributed by atoms with Crippen LogP contribution < -0.4 is 10.6 Å². The molecule has 5 rings (SSSR count). The molecule has 0 saturated carbocycles. The van der Waals surface area contributed by atoms with Gasteiger partial charge < -0.3 is 0 Å². The molecule has 1 spiro atoms. The molecule has 118 valence electrons. The monoisotopic (exact) mass is 348 g/mol. The molecule has 3 heteroatoms. The van der Waals surface area contributed by atoms with Crippen molar-refractivity contribution in [2.75, 3.05) is 25.7 Å². The third-order valence-electron chi connectivity index (χ3n) is 7.27. The van der Waals surface area contributed by atoms with E-state index in [4.69, 9.17) is 0 Å². The maximum atomic E-state index is 2.81. The minimum atomic E-state index is -1.43. The van der Waals surface area contributed by atoms with Crippen LogP contribution in [0.15, 0.2) is 48.5 Å². The fourth-order valence-corrected chi connectivity index (χ4v) is 57.8. The summed E-state index contributed by atoms with van der Waals surface area (Å²) in [5, 5.41) is 3.81. The molecule has 0 radical (unpaired) electrons. The van der Waals surface area contributed by atoms with Gasteiger partial charge in [0.2, 0.25) is 0 Å². The van der Waals surface area contributed by atoms with Gasteiger partial charge in [-0.15, -0.1) is 0 Å². The maximum absolute atomic E-state index is 2.81. The van der Waals surface area contributed by atoms with E-state index < -0.39 is 20.5 Å². The Morgan fingerprint density at radius 3 is 1.64 bits per heavy atom. The third kappa shape index (κ3) is 1.42. The summed E-state index contributed by atoms with van der Waals surface area (Å²) in [6.45, 7) is 1.83. The number of hydrogen-bond donors (Lipinski definition) is 0. The van der Waals surface area contributed by atoms with Gasteiger partial charge in [0.05, 0.1) is 0 Å². The van der Waals surface area contributed by atoms with Crippen LogP contribution in [0.2, 0.25) is 0 Å². The van der Waals surface area contributed by atoms with Crippen LogP contribution in [-0.4, -0.2) is 25.7 Å². The predicted octanol–water partition coefficient (Wildman–Crippen LogP) is 4.41. The van der Waals surface area contributed by atoms with Gasteiger partial charge in [-0.25, -0.2) is 0 Å². The summed E-state index contributed by atoms with van der Waals surface area (Å²) in [7, 11) is 0. The van der Waals surface area contributed by atoms with Crippen molar-refractivity contribution in [2.24, 2.45) is 0 Å². The third-order valence-corrected chi connectivity index (χ3v) is 46.2. The van der Waals surface area contributed by atoms with Gasteiger partial charge in [0.1, 0.15) is 0 Å². The number of rotatable bonds is 0. The molecule has 0 aliphatic carbocycles. The first-order valence-electron chi connectivity index (χ1n) is 8.78. The molecule has 0 unspecified atom stereocenters. The summed E-state index contributed by atoms with van der Waals surface area (Å²) < 4.78 is 0. The quantitative estimate of drug-likeness (QED) is 0.619. The second kappa shape index (κ2) is 4.42. The topological polar surface area (TPSA) is 0 Å². The molecule has 0 atom stereocenters. The van der Waals surface area contributed by atoms with Crippen LogP contribution in [0.4, 0.5) is 0 Å². The Morgan fingerprint density at radius 1 is 0.682 bits per heavy atom. The minimum absolute atomic E-state index is 1.18. The summed E-state index contributed by atoms with van der Waals surface area (Å²) in [6, 6.07) is 19.3. The van der Waals surface area contributed by atoms with Crippen molar-refractivity contribution < 1.29 is 0 Å². The Balaban J connectivity index is 1.93. The van der Waals surface area contributed by atoms with E-state index in [0.29, 0.717) is 0 Å². The van der Waals surface area contributed by atoms with E-state index in [9.17, 15) is 0 Å². The Morgan fingerprint density at radius 2 is 1.14 bits per heavy atom. The first kappa shape index (κ1) is 14.1. The average molecular weight is 348 g/mol. The van der Waals surface area contributed by atoms with Crippen molar-refractivity contribution in [3.63, 3.8) is 0 Å². The molecular formula is C19H27P3. The van der Waals surface area contributed by atoms with Crippen LogP contribution in [0.3, 0.4) is 0 Å². The molecule has 2 aromatic carbocycles. The Hall–Kier alpha value is -0.270. The Bertz CT molecular complexity index is 718.